The third-order valence-corrected chi connectivity index (χ3v) is 6.30. The van der Waals surface area contributed by atoms with Crippen molar-refractivity contribution in [3.63, 3.8) is 0 Å². The molecule has 1 aromatic carbocycles. The van der Waals surface area contributed by atoms with Crippen molar-refractivity contribution < 1.29 is 0 Å². The van der Waals surface area contributed by atoms with E-state index in [2.05, 4.69) is 76.1 Å². The number of unbranched alkanes of at least 4 members (excludes halogenated alkanes) is 1. The minimum Gasteiger partial charge on any atom is -0.371 e. The van der Waals surface area contributed by atoms with Gasteiger partial charge in [0.2, 0.25) is 0 Å². The van der Waals surface area contributed by atoms with E-state index in [-0.39, 0.29) is 0 Å². The molecule has 7 nitrogen and oxygen atoms in total. The largest absolute Gasteiger partial charge is 0.371 e. The molecule has 0 amide bonds. The first-order valence-electron chi connectivity index (χ1n) is 11.8. The number of benzene rings is 1. The van der Waals surface area contributed by atoms with E-state index in [1.807, 2.05) is 14.1 Å². The lowest BCUT2D eigenvalue weighted by molar-refractivity contribution is 0.387. The molecule has 0 saturated carbocycles. The van der Waals surface area contributed by atoms with Gasteiger partial charge in [-0.25, -0.2) is 4.99 Å². The number of aryl methyl sites for hydroxylation is 2. The van der Waals surface area contributed by atoms with E-state index in [9.17, 15) is 0 Å². The molecule has 2 aromatic rings. The summed E-state index contributed by atoms with van der Waals surface area (Å²) in [6.07, 6.45) is 5.87. The molecule has 7 heteroatoms. The monoisotopic (exact) mass is 427 g/mol. The van der Waals surface area contributed by atoms with Crippen LogP contribution in [0.4, 0.5) is 5.82 Å². The lowest BCUT2D eigenvalue weighted by Gasteiger charge is -2.27. The van der Waals surface area contributed by atoms with Crippen LogP contribution in [0.15, 0.2) is 29.3 Å². The molecule has 1 aliphatic rings. The third-order valence-electron chi connectivity index (χ3n) is 6.30. The summed E-state index contributed by atoms with van der Waals surface area (Å²) in [5.41, 5.74) is 3.35. The fourth-order valence-corrected chi connectivity index (χ4v) is 4.06. The van der Waals surface area contributed by atoms with Gasteiger partial charge in [0.05, 0.1) is 6.54 Å². The molecule has 3 rings (SSSR count). The van der Waals surface area contributed by atoms with E-state index < -0.39 is 5.66 Å². The Morgan fingerprint density at radius 1 is 1.16 bits per heavy atom. The van der Waals surface area contributed by atoms with E-state index in [4.69, 9.17) is 4.99 Å². The predicted molar refractivity (Wildman–Crippen MR) is 131 cm³/mol. The maximum absolute atomic E-state index is 5.02. The molecule has 1 aliphatic heterocycles. The first-order valence-corrected chi connectivity index (χ1v) is 11.8. The number of nitrogens with one attached hydrogen (secondary N) is 5. The number of aromatic nitrogens is 2. The van der Waals surface area contributed by atoms with E-state index in [0.717, 1.165) is 56.2 Å². The quantitative estimate of drug-likeness (QED) is 0.380. The van der Waals surface area contributed by atoms with Gasteiger partial charge in [-0.3, -0.25) is 15.1 Å². The van der Waals surface area contributed by atoms with Crippen molar-refractivity contribution in [3.8, 4) is 0 Å². The molecule has 172 valence electrons. The van der Waals surface area contributed by atoms with Crippen LogP contribution in [0.2, 0.25) is 0 Å². The second-order valence-corrected chi connectivity index (χ2v) is 8.78. The van der Waals surface area contributed by atoms with Crippen LogP contribution >= 0.6 is 0 Å². The van der Waals surface area contributed by atoms with E-state index in [1.165, 1.54) is 24.0 Å². The number of rotatable bonds is 11. The van der Waals surface area contributed by atoms with Gasteiger partial charge in [0.25, 0.3) is 0 Å². The number of nitrogens with zero attached hydrogens (tertiary/aromatic N) is 2. The van der Waals surface area contributed by atoms with Crippen LogP contribution < -0.4 is 21.3 Å². The fourth-order valence-electron chi connectivity index (χ4n) is 4.06. The molecule has 0 bridgehead atoms. The lowest BCUT2D eigenvalue weighted by atomic mass is 10.1. The van der Waals surface area contributed by atoms with E-state index in [0.29, 0.717) is 6.04 Å². The van der Waals surface area contributed by atoms with Gasteiger partial charge in [0.15, 0.2) is 5.84 Å². The average molecular weight is 428 g/mol. The smallest absolute Gasteiger partial charge is 0.152 e. The summed E-state index contributed by atoms with van der Waals surface area (Å²) in [4.78, 5) is 5.02. The predicted octanol–water partition coefficient (Wildman–Crippen LogP) is 3.44. The van der Waals surface area contributed by atoms with Crippen LogP contribution in [0.5, 0.6) is 0 Å². The highest BCUT2D eigenvalue weighted by molar-refractivity contribution is 6.02. The average Bonchev–Trinajstić information content (AvgIpc) is 2.88. The maximum atomic E-state index is 5.02. The SMILES string of the molecule is CCCCc1ccc(CNC2(C)CNc3c([nH]n3CCC(CC)NC)C(NC)=N2)cc1. The number of aromatic amines is 1. The molecular formula is C24H41N7. The van der Waals surface area contributed by atoms with Crippen LogP contribution in [-0.4, -0.2) is 48.0 Å². The molecular weight excluding hydrogens is 386 g/mol. The van der Waals surface area contributed by atoms with Gasteiger partial charge in [-0.15, -0.1) is 0 Å². The zero-order chi connectivity index (χ0) is 22.3. The Morgan fingerprint density at radius 2 is 1.90 bits per heavy atom. The molecule has 1 aromatic heterocycles. The molecule has 0 fully saturated rings. The van der Waals surface area contributed by atoms with Crippen LogP contribution in [0.3, 0.4) is 0 Å². The minimum absolute atomic E-state index is 0.402. The molecule has 0 saturated heterocycles. The lowest BCUT2D eigenvalue weighted by Crippen LogP contribution is -2.46. The number of hydrogen-bond acceptors (Lipinski definition) is 5. The van der Waals surface area contributed by atoms with Crippen molar-refractivity contribution >= 4 is 11.7 Å². The Labute approximate surface area is 187 Å². The highest BCUT2D eigenvalue weighted by Crippen LogP contribution is 2.24. The standard InChI is InChI=1S/C24H41N7/c1-6-8-9-18-10-12-19(13-11-18)16-28-24(3)17-27-23-21(22(26-5)29-24)30-31(23)15-14-20(7-2)25-4/h10-13,20,25,27-28,30H,6-9,14-17H2,1-5H3,(H,26,29). The maximum Gasteiger partial charge on any atom is 0.152 e. The highest BCUT2D eigenvalue weighted by atomic mass is 15.4. The summed E-state index contributed by atoms with van der Waals surface area (Å²) >= 11 is 0. The van der Waals surface area contributed by atoms with E-state index in [1.54, 1.807) is 0 Å². The van der Waals surface area contributed by atoms with Crippen molar-refractivity contribution in [2.75, 3.05) is 26.0 Å². The Kier molecular flexibility index (Phi) is 8.21. The van der Waals surface area contributed by atoms with Crippen LogP contribution in [0, 0.1) is 0 Å². The summed E-state index contributed by atoms with van der Waals surface area (Å²) in [6, 6.07) is 9.51. The molecule has 2 heterocycles. The second-order valence-electron chi connectivity index (χ2n) is 8.78. The Hall–Kier alpha value is -2.25. The molecule has 2 unspecified atom stereocenters. The topological polar surface area (TPSA) is 81.2 Å². The normalized spacial score (nSPS) is 19.3. The Balaban J connectivity index is 1.62. The molecule has 5 N–H and O–H groups in total. The summed E-state index contributed by atoms with van der Waals surface area (Å²) in [6.45, 7) is 9.08. The third kappa shape index (κ3) is 5.92. The van der Waals surface area contributed by atoms with Crippen LogP contribution in [0.25, 0.3) is 0 Å². The summed E-state index contributed by atoms with van der Waals surface area (Å²) < 4.78 is 2.20. The number of hydrogen-bond donors (Lipinski definition) is 5. The van der Waals surface area contributed by atoms with Gasteiger partial charge in [-0.05, 0) is 50.8 Å². The Morgan fingerprint density at radius 3 is 2.55 bits per heavy atom. The zero-order valence-electron chi connectivity index (χ0n) is 19.9. The van der Waals surface area contributed by atoms with Gasteiger partial charge in [0.1, 0.15) is 17.2 Å². The van der Waals surface area contributed by atoms with Crippen molar-refractivity contribution in [1.82, 2.24) is 25.7 Å². The van der Waals surface area contributed by atoms with E-state index >= 15 is 0 Å². The fraction of sp³-hybridized carbons (Fsp3) is 0.625. The van der Waals surface area contributed by atoms with Crippen molar-refractivity contribution in [2.45, 2.75) is 77.7 Å². The summed E-state index contributed by atoms with van der Waals surface area (Å²) in [5.74, 6) is 2.02. The zero-order valence-corrected chi connectivity index (χ0v) is 19.9. The minimum atomic E-state index is -0.402. The van der Waals surface area contributed by atoms with Gasteiger partial charge in [-0.1, -0.05) is 44.5 Å². The first kappa shape index (κ1) is 23.4. The van der Waals surface area contributed by atoms with Crippen LogP contribution in [0.1, 0.15) is 63.3 Å². The number of anilines is 1. The number of fused-ring (bicyclic) bond motifs is 1. The highest BCUT2D eigenvalue weighted by Gasteiger charge is 2.31. The van der Waals surface area contributed by atoms with Crippen molar-refractivity contribution in [1.29, 1.82) is 0 Å². The number of H-pyrrole nitrogens is 1. The first-order chi connectivity index (χ1) is 15.0. The van der Waals surface area contributed by atoms with Gasteiger partial charge in [-0.2, -0.15) is 0 Å². The molecule has 0 aliphatic carbocycles. The molecule has 0 spiro atoms. The number of amidine groups is 1. The van der Waals surface area contributed by atoms with Crippen molar-refractivity contribution in [3.05, 3.63) is 41.1 Å². The van der Waals surface area contributed by atoms with Gasteiger partial charge >= 0.3 is 0 Å². The second kappa shape index (κ2) is 10.9. The molecule has 0 radical (unpaired) electrons. The van der Waals surface area contributed by atoms with Crippen LogP contribution in [-0.2, 0) is 19.5 Å². The Bertz CT molecular complexity index is 829. The van der Waals surface area contributed by atoms with Gasteiger partial charge in [0, 0.05) is 26.2 Å². The van der Waals surface area contributed by atoms with Gasteiger partial charge < -0.3 is 16.0 Å². The number of aliphatic imine (C=N–C) groups is 1. The summed E-state index contributed by atoms with van der Waals surface area (Å²) in [7, 11) is 3.97. The molecule has 2 atom stereocenters. The summed E-state index contributed by atoms with van der Waals surface area (Å²) in [5, 5.41) is 17.4. The molecule has 31 heavy (non-hydrogen) atoms. The van der Waals surface area contributed by atoms with Crippen molar-refractivity contribution in [2.24, 2.45) is 4.99 Å².